The molecule has 0 spiro atoms. The van der Waals surface area contributed by atoms with Gasteiger partial charge in [-0.3, -0.25) is 4.90 Å². The number of hydrogen-bond donors (Lipinski definition) is 1. The fourth-order valence-electron chi connectivity index (χ4n) is 2.48. The molecule has 2 nitrogen and oxygen atoms in total. The minimum atomic E-state index is -4.13. The summed E-state index contributed by atoms with van der Waals surface area (Å²) in [6, 6.07) is 9.09. The molecule has 1 fully saturated rings. The third kappa shape index (κ3) is 3.03. The van der Waals surface area contributed by atoms with Gasteiger partial charge in [-0.05, 0) is 12.6 Å². The second kappa shape index (κ2) is 5.28. The maximum absolute atomic E-state index is 12.8. The van der Waals surface area contributed by atoms with Crippen LogP contribution in [0.3, 0.4) is 0 Å². The van der Waals surface area contributed by atoms with E-state index in [9.17, 15) is 13.2 Å². The third-order valence-electron chi connectivity index (χ3n) is 3.44. The van der Waals surface area contributed by atoms with Crippen molar-refractivity contribution >= 4 is 0 Å². The lowest BCUT2D eigenvalue weighted by Gasteiger charge is -2.20. The Labute approximate surface area is 105 Å². The summed E-state index contributed by atoms with van der Waals surface area (Å²) in [5.41, 5.74) is 1.05. The second-order valence-electron chi connectivity index (χ2n) is 4.72. The Balaban J connectivity index is 2.01. The van der Waals surface area contributed by atoms with Crippen LogP contribution in [-0.4, -0.2) is 37.3 Å². The van der Waals surface area contributed by atoms with Gasteiger partial charge in [0.1, 0.15) is 0 Å². The van der Waals surface area contributed by atoms with Crippen LogP contribution in [0, 0.1) is 5.92 Å². The van der Waals surface area contributed by atoms with Crippen LogP contribution in [0.1, 0.15) is 5.56 Å². The van der Waals surface area contributed by atoms with Gasteiger partial charge in [-0.15, -0.1) is 0 Å². The third-order valence-corrected chi connectivity index (χ3v) is 3.44. The van der Waals surface area contributed by atoms with Crippen molar-refractivity contribution in [3.63, 3.8) is 0 Å². The van der Waals surface area contributed by atoms with Crippen LogP contribution in [0.25, 0.3) is 0 Å². The summed E-state index contributed by atoms with van der Waals surface area (Å²) in [7, 11) is 1.59. The van der Waals surface area contributed by atoms with Crippen molar-refractivity contribution in [3.8, 4) is 0 Å². The van der Waals surface area contributed by atoms with Crippen LogP contribution in [0.4, 0.5) is 13.2 Å². The van der Waals surface area contributed by atoms with E-state index < -0.39 is 18.1 Å². The molecule has 2 rings (SSSR count). The number of likely N-dealkylation sites (tertiary alicyclic amines) is 1. The van der Waals surface area contributed by atoms with Gasteiger partial charge in [0, 0.05) is 25.7 Å². The molecule has 1 heterocycles. The van der Waals surface area contributed by atoms with E-state index in [0.29, 0.717) is 13.1 Å². The Kier molecular flexibility index (Phi) is 3.92. The van der Waals surface area contributed by atoms with E-state index in [1.54, 1.807) is 7.05 Å². The largest absolute Gasteiger partial charge is 0.394 e. The summed E-state index contributed by atoms with van der Waals surface area (Å²) in [4.78, 5) is 1.86. The average molecular weight is 258 g/mol. The highest BCUT2D eigenvalue weighted by Crippen LogP contribution is 2.34. The molecular formula is C13H17F3N2. The highest BCUT2D eigenvalue weighted by atomic mass is 19.4. The van der Waals surface area contributed by atoms with E-state index in [2.05, 4.69) is 5.32 Å². The topological polar surface area (TPSA) is 15.3 Å². The first-order chi connectivity index (χ1) is 8.50. The van der Waals surface area contributed by atoms with E-state index in [4.69, 9.17) is 0 Å². The predicted molar refractivity (Wildman–Crippen MR) is 64.1 cm³/mol. The van der Waals surface area contributed by atoms with Crippen molar-refractivity contribution in [2.75, 3.05) is 20.1 Å². The molecule has 1 N–H and O–H groups in total. The van der Waals surface area contributed by atoms with E-state index in [1.165, 1.54) is 0 Å². The quantitative estimate of drug-likeness (QED) is 0.894. The second-order valence-corrected chi connectivity index (χ2v) is 4.72. The summed E-state index contributed by atoms with van der Waals surface area (Å²) >= 11 is 0. The van der Waals surface area contributed by atoms with Gasteiger partial charge in [-0.2, -0.15) is 13.2 Å². The molecule has 1 aliphatic rings. The molecule has 0 bridgehead atoms. The SMILES string of the molecule is CN[C@H]1CN(Cc2ccccc2)C[C@H]1C(F)(F)F. The summed E-state index contributed by atoms with van der Waals surface area (Å²) in [6.07, 6.45) is -4.13. The fourth-order valence-corrected chi connectivity index (χ4v) is 2.48. The lowest BCUT2D eigenvalue weighted by Crippen LogP contribution is -2.40. The van der Waals surface area contributed by atoms with Crippen molar-refractivity contribution < 1.29 is 13.2 Å². The molecule has 1 aliphatic heterocycles. The highest BCUT2D eigenvalue weighted by molar-refractivity contribution is 5.15. The van der Waals surface area contributed by atoms with Gasteiger partial charge in [0.05, 0.1) is 5.92 Å². The minimum Gasteiger partial charge on any atom is -0.315 e. The van der Waals surface area contributed by atoms with E-state index in [0.717, 1.165) is 5.56 Å². The van der Waals surface area contributed by atoms with Crippen LogP contribution >= 0.6 is 0 Å². The maximum Gasteiger partial charge on any atom is 0.394 e. The van der Waals surface area contributed by atoms with E-state index in [-0.39, 0.29) is 6.54 Å². The zero-order chi connectivity index (χ0) is 13.2. The molecule has 0 amide bonds. The molecule has 5 heteroatoms. The number of nitrogens with one attached hydrogen (secondary N) is 1. The number of nitrogens with zero attached hydrogens (tertiary/aromatic N) is 1. The number of hydrogen-bond acceptors (Lipinski definition) is 2. The zero-order valence-electron chi connectivity index (χ0n) is 10.2. The lowest BCUT2D eigenvalue weighted by atomic mass is 10.0. The molecule has 2 atom stereocenters. The van der Waals surface area contributed by atoms with Gasteiger partial charge in [-0.1, -0.05) is 30.3 Å². The van der Waals surface area contributed by atoms with Crippen molar-refractivity contribution in [3.05, 3.63) is 35.9 Å². The molecule has 1 aromatic carbocycles. The molecule has 1 saturated heterocycles. The van der Waals surface area contributed by atoms with Crippen molar-refractivity contribution in [2.45, 2.75) is 18.8 Å². The zero-order valence-corrected chi connectivity index (χ0v) is 10.2. The minimum absolute atomic E-state index is 0.0733. The van der Waals surface area contributed by atoms with Gasteiger partial charge in [0.25, 0.3) is 0 Å². The lowest BCUT2D eigenvalue weighted by molar-refractivity contribution is -0.175. The summed E-state index contributed by atoms with van der Waals surface area (Å²) in [5, 5.41) is 2.77. The average Bonchev–Trinajstić information content (AvgIpc) is 2.73. The van der Waals surface area contributed by atoms with Gasteiger partial charge in [0.15, 0.2) is 0 Å². The first kappa shape index (κ1) is 13.4. The van der Waals surface area contributed by atoms with Gasteiger partial charge in [0.2, 0.25) is 0 Å². The molecule has 0 aromatic heterocycles. The smallest absolute Gasteiger partial charge is 0.315 e. The summed E-state index contributed by atoms with van der Waals surface area (Å²) < 4.78 is 38.5. The van der Waals surface area contributed by atoms with Gasteiger partial charge >= 0.3 is 6.18 Å². The first-order valence-corrected chi connectivity index (χ1v) is 6.01. The molecule has 0 unspecified atom stereocenters. The van der Waals surface area contributed by atoms with Crippen LogP contribution in [0.5, 0.6) is 0 Å². The summed E-state index contributed by atoms with van der Waals surface area (Å²) in [6.45, 7) is 1.09. The Morgan fingerprint density at radius 1 is 1.22 bits per heavy atom. The number of benzene rings is 1. The number of rotatable bonds is 3. The Bertz CT molecular complexity index is 378. The van der Waals surface area contributed by atoms with Crippen LogP contribution < -0.4 is 5.32 Å². The monoisotopic (exact) mass is 258 g/mol. The van der Waals surface area contributed by atoms with Crippen LogP contribution in [-0.2, 0) is 6.54 Å². The maximum atomic E-state index is 12.8. The van der Waals surface area contributed by atoms with E-state index in [1.807, 2.05) is 35.2 Å². The molecular weight excluding hydrogens is 241 g/mol. The first-order valence-electron chi connectivity index (χ1n) is 6.01. The Morgan fingerprint density at radius 2 is 1.89 bits per heavy atom. The Hall–Kier alpha value is -1.07. The van der Waals surface area contributed by atoms with Gasteiger partial charge < -0.3 is 5.32 Å². The summed E-state index contributed by atoms with van der Waals surface area (Å²) in [5.74, 6) is -1.27. The highest BCUT2D eigenvalue weighted by Gasteiger charge is 2.48. The predicted octanol–water partition coefficient (Wildman–Crippen LogP) is 2.27. The number of likely N-dealkylation sites (N-methyl/N-ethyl adjacent to an activating group) is 1. The van der Waals surface area contributed by atoms with E-state index >= 15 is 0 Å². The molecule has 100 valence electrons. The van der Waals surface area contributed by atoms with Gasteiger partial charge in [-0.25, -0.2) is 0 Å². The molecule has 0 aliphatic carbocycles. The molecule has 1 aromatic rings. The molecule has 0 saturated carbocycles. The van der Waals surface area contributed by atoms with Crippen molar-refractivity contribution in [1.29, 1.82) is 0 Å². The van der Waals surface area contributed by atoms with Crippen LogP contribution in [0.15, 0.2) is 30.3 Å². The van der Waals surface area contributed by atoms with Crippen LogP contribution in [0.2, 0.25) is 0 Å². The molecule has 18 heavy (non-hydrogen) atoms. The standard InChI is InChI=1S/C13H17F3N2/c1-17-12-9-18(8-11(12)13(14,15)16)7-10-5-3-2-4-6-10/h2-6,11-12,17H,7-9H2,1H3/t11-,12+/m1/s1. The fraction of sp³-hybridized carbons (Fsp3) is 0.538. The van der Waals surface area contributed by atoms with Crippen molar-refractivity contribution in [2.24, 2.45) is 5.92 Å². The Morgan fingerprint density at radius 3 is 2.39 bits per heavy atom. The number of alkyl halides is 3. The normalized spacial score (nSPS) is 25.6. The number of halogens is 3. The van der Waals surface area contributed by atoms with Crippen molar-refractivity contribution in [1.82, 2.24) is 10.2 Å². The molecule has 0 radical (unpaired) electrons.